The second-order valence-corrected chi connectivity index (χ2v) is 4.70. The van der Waals surface area contributed by atoms with Crippen LogP contribution < -0.4 is 4.52 Å². The van der Waals surface area contributed by atoms with Gasteiger partial charge in [0.05, 0.1) is 0 Å². The fourth-order valence-electron chi connectivity index (χ4n) is 0.987. The van der Waals surface area contributed by atoms with Crippen molar-refractivity contribution < 1.29 is 44.8 Å². The predicted octanol–water partition coefficient (Wildman–Crippen LogP) is 4.13. The van der Waals surface area contributed by atoms with Crippen LogP contribution in [0.2, 0.25) is 0 Å². The molecule has 0 radical (unpaired) electrons. The maximum atomic E-state index is 13.1. The van der Waals surface area contributed by atoms with Crippen molar-refractivity contribution in [3.63, 3.8) is 0 Å². The van der Waals surface area contributed by atoms with Gasteiger partial charge < -0.3 is 4.52 Å². The lowest BCUT2D eigenvalue weighted by Crippen LogP contribution is -2.27. The summed E-state index contributed by atoms with van der Waals surface area (Å²) < 4.78 is 95.9. The van der Waals surface area contributed by atoms with Crippen molar-refractivity contribution in [3.05, 3.63) is 30.1 Å². The molecule has 0 aliphatic carbocycles. The molecule has 20 heavy (non-hydrogen) atoms. The first-order chi connectivity index (χ1) is 9.29. The van der Waals surface area contributed by atoms with Gasteiger partial charge in [0.15, 0.2) is 11.6 Å². The Bertz CT molecular complexity index is 487. The SMILES string of the molecule is O=P(OF)(Oc1ccccc1F)OC(F)C(F)C(F)F. The second-order valence-electron chi connectivity index (χ2n) is 3.27. The highest BCUT2D eigenvalue weighted by molar-refractivity contribution is 7.48. The zero-order valence-electron chi connectivity index (χ0n) is 9.39. The summed E-state index contributed by atoms with van der Waals surface area (Å²) in [6.07, 6.45) is -10.8. The van der Waals surface area contributed by atoms with Crippen molar-refractivity contribution >= 4 is 7.82 Å². The van der Waals surface area contributed by atoms with Crippen LogP contribution in [0.4, 0.5) is 26.5 Å². The molecule has 1 aromatic rings. The Balaban J connectivity index is 2.83. The average molecular weight is 324 g/mol. The number of rotatable bonds is 7. The normalized spacial score (nSPS) is 17.6. The van der Waals surface area contributed by atoms with E-state index in [1.54, 1.807) is 0 Å². The minimum Gasteiger partial charge on any atom is -0.399 e. The Morgan fingerprint density at radius 2 is 1.70 bits per heavy atom. The summed E-state index contributed by atoms with van der Waals surface area (Å²) in [7, 11) is -5.45. The van der Waals surface area contributed by atoms with E-state index in [4.69, 9.17) is 0 Å². The molecular formula is C9H7F6O4P. The van der Waals surface area contributed by atoms with E-state index < -0.39 is 38.3 Å². The number of benzene rings is 1. The average Bonchev–Trinajstić information content (AvgIpc) is 2.40. The summed E-state index contributed by atoms with van der Waals surface area (Å²) >= 11 is 0. The van der Waals surface area contributed by atoms with Gasteiger partial charge in [0.1, 0.15) is 0 Å². The van der Waals surface area contributed by atoms with Crippen LogP contribution in [-0.4, -0.2) is 19.0 Å². The lowest BCUT2D eigenvalue weighted by molar-refractivity contribution is -0.112. The molecule has 0 amide bonds. The third-order valence-electron chi connectivity index (χ3n) is 1.85. The highest BCUT2D eigenvalue weighted by Gasteiger charge is 2.41. The largest absolute Gasteiger partial charge is 0.564 e. The van der Waals surface area contributed by atoms with E-state index in [0.29, 0.717) is 0 Å². The summed E-state index contributed by atoms with van der Waals surface area (Å²) in [5, 5.41) is 0. The Kier molecular flexibility index (Phi) is 5.85. The molecule has 114 valence electrons. The molecule has 1 rings (SSSR count). The van der Waals surface area contributed by atoms with Gasteiger partial charge in [0, 0.05) is 0 Å². The Morgan fingerprint density at radius 3 is 2.20 bits per heavy atom. The number of phosphoric ester groups is 1. The maximum Gasteiger partial charge on any atom is 0.564 e. The summed E-state index contributed by atoms with van der Waals surface area (Å²) in [5.41, 5.74) is 0. The molecule has 0 heterocycles. The molecular weight excluding hydrogens is 317 g/mol. The Labute approximate surface area is 108 Å². The predicted molar refractivity (Wildman–Crippen MR) is 53.7 cm³/mol. The molecule has 3 atom stereocenters. The first kappa shape index (κ1) is 16.8. The number of alkyl halides is 4. The lowest BCUT2D eigenvalue weighted by atomic mass is 10.3. The van der Waals surface area contributed by atoms with Gasteiger partial charge >= 0.3 is 7.82 Å². The quantitative estimate of drug-likeness (QED) is 0.559. The van der Waals surface area contributed by atoms with Crippen LogP contribution in [-0.2, 0) is 13.8 Å². The van der Waals surface area contributed by atoms with Crippen LogP contribution in [0.3, 0.4) is 0 Å². The van der Waals surface area contributed by atoms with Gasteiger partial charge in [-0.2, -0.15) is 0 Å². The van der Waals surface area contributed by atoms with E-state index in [2.05, 4.69) is 13.8 Å². The van der Waals surface area contributed by atoms with Gasteiger partial charge in [-0.05, 0) is 16.7 Å². The van der Waals surface area contributed by atoms with Crippen molar-refractivity contribution in [1.82, 2.24) is 0 Å². The second kappa shape index (κ2) is 6.96. The van der Waals surface area contributed by atoms with Crippen LogP contribution >= 0.6 is 7.82 Å². The minimum absolute atomic E-state index is 0.807. The molecule has 0 saturated carbocycles. The van der Waals surface area contributed by atoms with Gasteiger partial charge in [0.2, 0.25) is 12.5 Å². The molecule has 0 bridgehead atoms. The van der Waals surface area contributed by atoms with Gasteiger partial charge in [-0.3, -0.25) is 0 Å². The van der Waals surface area contributed by atoms with Crippen LogP contribution in [0.15, 0.2) is 24.3 Å². The Hall–Kier alpha value is -1.25. The van der Waals surface area contributed by atoms with Gasteiger partial charge in [-0.15, -0.1) is 0 Å². The zero-order chi connectivity index (χ0) is 15.3. The topological polar surface area (TPSA) is 44.8 Å². The van der Waals surface area contributed by atoms with Crippen molar-refractivity contribution in [2.45, 2.75) is 19.0 Å². The van der Waals surface area contributed by atoms with E-state index in [-0.39, 0.29) is 0 Å². The smallest absolute Gasteiger partial charge is 0.399 e. The molecule has 0 aromatic heterocycles. The highest BCUT2D eigenvalue weighted by atomic mass is 31.2. The van der Waals surface area contributed by atoms with Crippen molar-refractivity contribution in [2.75, 3.05) is 0 Å². The van der Waals surface area contributed by atoms with E-state index in [9.17, 15) is 31.0 Å². The summed E-state index contributed by atoms with van der Waals surface area (Å²) in [4.78, 5) is 0. The first-order valence-electron chi connectivity index (χ1n) is 4.88. The highest BCUT2D eigenvalue weighted by Crippen LogP contribution is 2.52. The third kappa shape index (κ3) is 4.39. The van der Waals surface area contributed by atoms with Crippen LogP contribution in [0.25, 0.3) is 0 Å². The molecule has 0 saturated heterocycles. The molecule has 3 unspecified atom stereocenters. The minimum atomic E-state index is -5.45. The van der Waals surface area contributed by atoms with Crippen LogP contribution in [0.5, 0.6) is 5.75 Å². The summed E-state index contributed by atoms with van der Waals surface area (Å²) in [6, 6.07) is 4.02. The van der Waals surface area contributed by atoms with E-state index in [1.165, 1.54) is 12.1 Å². The number of halogens is 6. The van der Waals surface area contributed by atoms with Crippen molar-refractivity contribution in [1.29, 1.82) is 0 Å². The van der Waals surface area contributed by atoms with Crippen LogP contribution in [0, 0.1) is 5.82 Å². The molecule has 0 fully saturated rings. The number of phosphoric acid groups is 1. The fraction of sp³-hybridized carbons (Fsp3) is 0.333. The molecule has 0 spiro atoms. The molecule has 4 nitrogen and oxygen atoms in total. The molecule has 0 aliphatic heterocycles. The van der Waals surface area contributed by atoms with Crippen molar-refractivity contribution in [3.8, 4) is 5.75 Å². The Morgan fingerprint density at radius 1 is 1.10 bits per heavy atom. The van der Waals surface area contributed by atoms with Crippen LogP contribution in [0.1, 0.15) is 0 Å². The maximum absolute atomic E-state index is 13.1. The van der Waals surface area contributed by atoms with Gasteiger partial charge in [-0.25, -0.2) is 31.0 Å². The molecule has 1 aromatic carbocycles. The molecule has 0 aliphatic rings. The third-order valence-corrected chi connectivity index (χ3v) is 2.90. The van der Waals surface area contributed by atoms with E-state index in [0.717, 1.165) is 12.1 Å². The standard InChI is InChI=1S/C9H7F6O4P/c10-5-3-1-2-4-6(5)17-20(16,19-15)18-9(14)7(11)8(12)13/h1-4,7-9H. The van der Waals surface area contributed by atoms with E-state index in [1.807, 2.05) is 0 Å². The lowest BCUT2D eigenvalue weighted by Gasteiger charge is -2.18. The van der Waals surface area contributed by atoms with Crippen molar-refractivity contribution in [2.24, 2.45) is 0 Å². The number of para-hydroxylation sites is 1. The fourth-order valence-corrected chi connectivity index (χ4v) is 1.84. The number of hydrogen-bond donors (Lipinski definition) is 0. The van der Waals surface area contributed by atoms with E-state index >= 15 is 0 Å². The van der Waals surface area contributed by atoms with Gasteiger partial charge in [-0.1, -0.05) is 16.9 Å². The molecule has 0 N–H and O–H groups in total. The summed E-state index contributed by atoms with van der Waals surface area (Å²) in [5.74, 6) is -2.01. The molecule has 11 heteroatoms. The first-order valence-corrected chi connectivity index (χ1v) is 6.34. The summed E-state index contributed by atoms with van der Waals surface area (Å²) in [6.45, 7) is 0. The zero-order valence-corrected chi connectivity index (χ0v) is 10.3. The van der Waals surface area contributed by atoms with Gasteiger partial charge in [0.25, 0.3) is 6.43 Å². The number of hydrogen-bond acceptors (Lipinski definition) is 4. The monoisotopic (exact) mass is 324 g/mol.